The Hall–Kier alpha value is -2.25. The van der Waals surface area contributed by atoms with E-state index in [0.29, 0.717) is 24.3 Å². The van der Waals surface area contributed by atoms with E-state index in [1.54, 1.807) is 0 Å². The zero-order valence-electron chi connectivity index (χ0n) is 13.6. The van der Waals surface area contributed by atoms with Gasteiger partial charge in [-0.1, -0.05) is 6.42 Å². The van der Waals surface area contributed by atoms with Crippen LogP contribution in [0.25, 0.3) is 0 Å². The number of anilines is 1. The van der Waals surface area contributed by atoms with Crippen LogP contribution in [0.4, 0.5) is 10.1 Å². The van der Waals surface area contributed by atoms with E-state index >= 15 is 0 Å². The lowest BCUT2D eigenvalue weighted by atomic mass is 10.2. The second kappa shape index (κ2) is 7.33. The van der Waals surface area contributed by atoms with E-state index < -0.39 is 10.0 Å². The van der Waals surface area contributed by atoms with Crippen LogP contribution in [0.1, 0.15) is 29.6 Å². The quantitative estimate of drug-likeness (QED) is 0.908. The first kappa shape index (κ1) is 17.6. The molecule has 0 atom stereocenters. The highest BCUT2D eigenvalue weighted by atomic mass is 32.2. The third kappa shape index (κ3) is 4.05. The van der Waals surface area contributed by atoms with Crippen LogP contribution in [0.5, 0.6) is 0 Å². The number of carbonyl (C=O) groups excluding carboxylic acids is 1. The predicted molar refractivity (Wildman–Crippen MR) is 93.4 cm³/mol. The van der Waals surface area contributed by atoms with Gasteiger partial charge < -0.3 is 5.32 Å². The molecule has 0 unspecified atom stereocenters. The van der Waals surface area contributed by atoms with Crippen LogP contribution >= 0.6 is 0 Å². The molecule has 1 amide bonds. The van der Waals surface area contributed by atoms with Crippen LogP contribution in [-0.2, 0) is 10.0 Å². The van der Waals surface area contributed by atoms with Gasteiger partial charge in [0.05, 0.1) is 4.90 Å². The molecule has 1 aliphatic rings. The van der Waals surface area contributed by atoms with Crippen molar-refractivity contribution in [1.82, 2.24) is 4.31 Å². The van der Waals surface area contributed by atoms with Gasteiger partial charge in [-0.3, -0.25) is 4.79 Å². The van der Waals surface area contributed by atoms with Gasteiger partial charge in [0.25, 0.3) is 5.91 Å². The van der Waals surface area contributed by atoms with Gasteiger partial charge in [-0.05, 0) is 61.4 Å². The summed E-state index contributed by atoms with van der Waals surface area (Å²) in [6, 6.07) is 11.3. The number of sulfonamides is 1. The molecule has 0 saturated carbocycles. The highest BCUT2D eigenvalue weighted by molar-refractivity contribution is 7.89. The van der Waals surface area contributed by atoms with Crippen molar-refractivity contribution < 1.29 is 17.6 Å². The number of hydrogen-bond donors (Lipinski definition) is 1. The molecule has 3 rings (SSSR count). The van der Waals surface area contributed by atoms with Crippen molar-refractivity contribution in [1.29, 1.82) is 0 Å². The summed E-state index contributed by atoms with van der Waals surface area (Å²) in [5.74, 6) is -0.765. The van der Waals surface area contributed by atoms with E-state index in [4.69, 9.17) is 0 Å². The average molecular weight is 362 g/mol. The average Bonchev–Trinajstić information content (AvgIpc) is 2.64. The standard InChI is InChI=1S/C18H19FN2O3S/c19-15-6-8-16(9-7-15)20-18(22)14-4-10-17(11-5-14)25(23,24)21-12-2-1-3-13-21/h4-11H,1-3,12-13H2,(H,20,22). The highest BCUT2D eigenvalue weighted by Crippen LogP contribution is 2.21. The zero-order chi connectivity index (χ0) is 17.9. The minimum Gasteiger partial charge on any atom is -0.322 e. The van der Waals surface area contributed by atoms with Crippen molar-refractivity contribution in [3.63, 3.8) is 0 Å². The summed E-state index contributed by atoms with van der Waals surface area (Å²) in [5, 5.41) is 2.64. The van der Waals surface area contributed by atoms with Crippen molar-refractivity contribution in [2.24, 2.45) is 0 Å². The van der Waals surface area contributed by atoms with Gasteiger partial charge in [0.1, 0.15) is 5.82 Å². The molecule has 1 fully saturated rings. The molecule has 25 heavy (non-hydrogen) atoms. The fraction of sp³-hybridized carbons (Fsp3) is 0.278. The smallest absolute Gasteiger partial charge is 0.255 e. The molecule has 1 heterocycles. The van der Waals surface area contributed by atoms with Gasteiger partial charge in [0.2, 0.25) is 10.0 Å². The summed E-state index contributed by atoms with van der Waals surface area (Å²) in [4.78, 5) is 12.4. The summed E-state index contributed by atoms with van der Waals surface area (Å²) >= 11 is 0. The molecule has 5 nitrogen and oxygen atoms in total. The lowest BCUT2D eigenvalue weighted by molar-refractivity contribution is 0.102. The van der Waals surface area contributed by atoms with Crippen molar-refractivity contribution in [2.45, 2.75) is 24.2 Å². The SMILES string of the molecule is O=C(Nc1ccc(F)cc1)c1ccc(S(=O)(=O)N2CCCCC2)cc1. The first-order valence-electron chi connectivity index (χ1n) is 8.14. The highest BCUT2D eigenvalue weighted by Gasteiger charge is 2.25. The molecule has 1 aliphatic heterocycles. The lowest BCUT2D eigenvalue weighted by Gasteiger charge is -2.25. The Balaban J connectivity index is 1.73. The predicted octanol–water partition coefficient (Wildman–Crippen LogP) is 3.25. The molecule has 0 spiro atoms. The molecule has 2 aromatic carbocycles. The number of nitrogens with zero attached hydrogens (tertiary/aromatic N) is 1. The number of carbonyl (C=O) groups is 1. The summed E-state index contributed by atoms with van der Waals surface area (Å²) in [6.07, 6.45) is 2.79. The van der Waals surface area contributed by atoms with Crippen LogP contribution < -0.4 is 5.32 Å². The Morgan fingerprint density at radius 3 is 2.12 bits per heavy atom. The number of benzene rings is 2. The maximum atomic E-state index is 12.9. The second-order valence-electron chi connectivity index (χ2n) is 5.95. The summed E-state index contributed by atoms with van der Waals surface area (Å²) < 4.78 is 39.5. The number of amides is 1. The minimum atomic E-state index is -3.51. The molecule has 0 radical (unpaired) electrons. The zero-order valence-corrected chi connectivity index (χ0v) is 14.4. The fourth-order valence-electron chi connectivity index (χ4n) is 2.77. The molecule has 1 saturated heterocycles. The third-order valence-electron chi connectivity index (χ3n) is 4.17. The molecular formula is C18H19FN2O3S. The van der Waals surface area contributed by atoms with E-state index in [1.807, 2.05) is 0 Å². The first-order chi connectivity index (χ1) is 12.0. The third-order valence-corrected chi connectivity index (χ3v) is 6.08. The van der Waals surface area contributed by atoms with Crippen LogP contribution in [0, 0.1) is 5.82 Å². The van der Waals surface area contributed by atoms with Gasteiger partial charge in [-0.25, -0.2) is 12.8 Å². The van der Waals surface area contributed by atoms with E-state index in [1.165, 1.54) is 52.8 Å². The Labute approximate surface area is 146 Å². The van der Waals surface area contributed by atoms with Crippen molar-refractivity contribution in [3.05, 3.63) is 59.9 Å². The Morgan fingerprint density at radius 1 is 0.920 bits per heavy atom. The summed E-state index contributed by atoms with van der Waals surface area (Å²) in [7, 11) is -3.51. The Morgan fingerprint density at radius 2 is 1.52 bits per heavy atom. The van der Waals surface area contributed by atoms with Crippen molar-refractivity contribution in [3.8, 4) is 0 Å². The van der Waals surface area contributed by atoms with Crippen molar-refractivity contribution in [2.75, 3.05) is 18.4 Å². The van der Waals surface area contributed by atoms with Gasteiger partial charge in [0, 0.05) is 24.3 Å². The van der Waals surface area contributed by atoms with Gasteiger partial charge in [-0.15, -0.1) is 0 Å². The van der Waals surface area contributed by atoms with Crippen LogP contribution in [0.2, 0.25) is 0 Å². The fourth-order valence-corrected chi connectivity index (χ4v) is 4.29. The van der Waals surface area contributed by atoms with Crippen molar-refractivity contribution >= 4 is 21.6 Å². The maximum Gasteiger partial charge on any atom is 0.255 e. The van der Waals surface area contributed by atoms with E-state index in [0.717, 1.165) is 19.3 Å². The monoisotopic (exact) mass is 362 g/mol. The molecule has 7 heteroatoms. The number of nitrogens with one attached hydrogen (secondary N) is 1. The van der Waals surface area contributed by atoms with E-state index in [2.05, 4.69) is 5.32 Å². The van der Waals surface area contributed by atoms with Gasteiger partial charge in [-0.2, -0.15) is 4.31 Å². The Bertz CT molecular complexity index is 843. The lowest BCUT2D eigenvalue weighted by Crippen LogP contribution is -2.35. The van der Waals surface area contributed by atoms with Crippen LogP contribution in [0.15, 0.2) is 53.4 Å². The van der Waals surface area contributed by atoms with Gasteiger partial charge in [0.15, 0.2) is 0 Å². The molecule has 0 bridgehead atoms. The number of piperidine rings is 1. The minimum absolute atomic E-state index is 0.188. The molecule has 0 aliphatic carbocycles. The maximum absolute atomic E-state index is 12.9. The van der Waals surface area contributed by atoms with E-state index in [9.17, 15) is 17.6 Å². The van der Waals surface area contributed by atoms with Crippen LogP contribution in [0.3, 0.4) is 0 Å². The summed E-state index contributed by atoms with van der Waals surface area (Å²) in [5.41, 5.74) is 0.804. The largest absolute Gasteiger partial charge is 0.322 e. The number of hydrogen-bond acceptors (Lipinski definition) is 3. The number of halogens is 1. The van der Waals surface area contributed by atoms with Crippen LogP contribution in [-0.4, -0.2) is 31.7 Å². The Kier molecular flexibility index (Phi) is 5.15. The molecule has 1 N–H and O–H groups in total. The summed E-state index contributed by atoms with van der Waals surface area (Å²) in [6.45, 7) is 1.07. The molecule has 132 valence electrons. The second-order valence-corrected chi connectivity index (χ2v) is 7.89. The van der Waals surface area contributed by atoms with Gasteiger partial charge >= 0.3 is 0 Å². The first-order valence-corrected chi connectivity index (χ1v) is 9.58. The topological polar surface area (TPSA) is 66.5 Å². The van der Waals surface area contributed by atoms with E-state index in [-0.39, 0.29) is 16.6 Å². The number of rotatable bonds is 4. The normalized spacial score (nSPS) is 15.7. The molecule has 0 aromatic heterocycles. The molecular weight excluding hydrogens is 343 g/mol. The molecule has 2 aromatic rings.